The summed E-state index contributed by atoms with van der Waals surface area (Å²) < 4.78 is 42.0. The molecule has 0 saturated carbocycles. The number of nitrogens with zero attached hydrogens (tertiary/aromatic N) is 2. The highest BCUT2D eigenvalue weighted by Gasteiger charge is 2.23. The number of aromatic nitrogens is 2. The molecule has 14 heteroatoms. The lowest BCUT2D eigenvalue weighted by molar-refractivity contribution is 0.0817. The quantitative estimate of drug-likeness (QED) is 0.193. The van der Waals surface area contributed by atoms with Crippen LogP contribution in [0.2, 0.25) is 5.02 Å². The molecule has 192 valence electrons. The third-order valence-corrected chi connectivity index (χ3v) is 7.38. The van der Waals surface area contributed by atoms with E-state index in [0.717, 1.165) is 4.47 Å². The Morgan fingerprint density at radius 2 is 1.76 bits per heavy atom. The molecule has 0 aliphatic carbocycles. The van der Waals surface area contributed by atoms with Crippen LogP contribution < -0.4 is 10.5 Å². The van der Waals surface area contributed by atoms with Crippen molar-refractivity contribution in [3.63, 3.8) is 0 Å². The van der Waals surface area contributed by atoms with E-state index < -0.39 is 30.4 Å². The Balaban J connectivity index is 1.75. The van der Waals surface area contributed by atoms with Gasteiger partial charge in [0.25, 0.3) is 5.91 Å². The number of benzene rings is 3. The van der Waals surface area contributed by atoms with Crippen LogP contribution in [0.25, 0.3) is 16.9 Å². The minimum absolute atomic E-state index is 0.0474. The number of hydrogen-bond acceptors (Lipinski definition) is 6. The van der Waals surface area contributed by atoms with Crippen LogP contribution in [0.4, 0.5) is 0 Å². The number of carbonyl (C=O) groups is 1. The maximum absolute atomic E-state index is 13.2. The summed E-state index contributed by atoms with van der Waals surface area (Å²) in [5.74, 6) is -0.690. The summed E-state index contributed by atoms with van der Waals surface area (Å²) in [5, 5.41) is 12.6. The van der Waals surface area contributed by atoms with Crippen molar-refractivity contribution in [3.05, 3.63) is 99.6 Å². The molecule has 4 rings (SSSR count). The number of hydrogen-bond donors (Lipinski definition) is 3. The molecule has 1 aromatic heterocycles. The van der Waals surface area contributed by atoms with Crippen molar-refractivity contribution in [2.24, 2.45) is 5.14 Å². The van der Waals surface area contributed by atoms with Gasteiger partial charge < -0.3 is 10.2 Å². The second-order valence-corrected chi connectivity index (χ2v) is 11.3. The zero-order valence-corrected chi connectivity index (χ0v) is 22.9. The topological polar surface area (TPSA) is 154 Å². The second kappa shape index (κ2) is 11.3. The third kappa shape index (κ3) is 6.55. The van der Waals surface area contributed by atoms with E-state index in [1.165, 1.54) is 35.0 Å². The molecule has 0 fully saturated rings. The fraction of sp³-hybridized carbons (Fsp3) is 0.0435. The van der Waals surface area contributed by atoms with Gasteiger partial charge in [-0.05, 0) is 48.5 Å². The number of amides is 1. The molecule has 1 amide bonds. The molecule has 2 atom stereocenters. The Morgan fingerprint density at radius 1 is 1.11 bits per heavy atom. The lowest BCUT2D eigenvalue weighted by Gasteiger charge is -2.17. The highest BCUT2D eigenvalue weighted by atomic mass is 79.9. The summed E-state index contributed by atoms with van der Waals surface area (Å²) >= 11 is 9.72. The molecule has 1 heterocycles. The lowest BCUT2D eigenvalue weighted by Crippen LogP contribution is -2.29. The molecular formula is C23H19BrClN4O6PS. The molecule has 0 aliphatic rings. The number of rotatable bonds is 8. The molecular weight excluding hydrogens is 607 g/mol. The van der Waals surface area contributed by atoms with Gasteiger partial charge in [0, 0.05) is 20.6 Å². The Bertz CT molecular complexity index is 1580. The number of carbonyl (C=O) groups excluding carboxylic acids is 1. The van der Waals surface area contributed by atoms with Crippen LogP contribution in [0.5, 0.6) is 0 Å². The minimum atomic E-state index is -3.91. The monoisotopic (exact) mass is 624 g/mol. The first-order chi connectivity index (χ1) is 17.5. The Kier molecular flexibility index (Phi) is 8.29. The van der Waals surface area contributed by atoms with Crippen molar-refractivity contribution < 1.29 is 27.2 Å². The van der Waals surface area contributed by atoms with Crippen LogP contribution >= 0.6 is 35.8 Å². The second-order valence-electron chi connectivity index (χ2n) is 7.63. The van der Waals surface area contributed by atoms with Crippen LogP contribution in [0.1, 0.15) is 22.3 Å². The largest absolute Gasteiger partial charge is 0.326 e. The molecule has 0 aliphatic heterocycles. The van der Waals surface area contributed by atoms with Crippen molar-refractivity contribution in [1.82, 2.24) is 15.1 Å². The standard InChI is InChI=1S/C23H19BrClN4O6PS/c24-15-7-5-14(6-8-15)23(35-36(31)32)27-22(30)20-13-21(18-3-1-2-4-19(18)25)29(28-20)16-9-11-17(12-10-16)37(26,33)34/h1-13,23,36H,(H,27,30)(H,31,32)(H2,26,33,34). The fourth-order valence-electron chi connectivity index (χ4n) is 3.44. The van der Waals surface area contributed by atoms with Crippen LogP contribution in [0.3, 0.4) is 0 Å². The molecule has 4 N–H and O–H groups in total. The Labute approximate surface area is 226 Å². The van der Waals surface area contributed by atoms with Crippen molar-refractivity contribution in [3.8, 4) is 16.9 Å². The molecule has 0 bridgehead atoms. The molecule has 2 unspecified atom stereocenters. The molecule has 4 aromatic rings. The zero-order valence-electron chi connectivity index (χ0n) is 18.7. The summed E-state index contributed by atoms with van der Waals surface area (Å²) in [6.45, 7) is 0. The van der Waals surface area contributed by atoms with E-state index in [2.05, 4.69) is 26.3 Å². The summed E-state index contributed by atoms with van der Waals surface area (Å²) in [6.07, 6.45) is -1.22. The average molecular weight is 626 g/mol. The van der Waals surface area contributed by atoms with E-state index in [9.17, 15) is 22.7 Å². The van der Waals surface area contributed by atoms with Crippen molar-refractivity contribution in [1.29, 1.82) is 0 Å². The van der Waals surface area contributed by atoms with Crippen LogP contribution in [0, 0.1) is 0 Å². The summed E-state index contributed by atoms with van der Waals surface area (Å²) in [7, 11) is -7.31. The van der Waals surface area contributed by atoms with Crippen molar-refractivity contribution in [2.45, 2.75) is 11.1 Å². The van der Waals surface area contributed by atoms with E-state index in [4.69, 9.17) is 21.3 Å². The van der Waals surface area contributed by atoms with E-state index in [0.29, 0.717) is 27.5 Å². The first-order valence-corrected chi connectivity index (χ1v) is 14.4. The van der Waals surface area contributed by atoms with Gasteiger partial charge >= 0.3 is 8.25 Å². The van der Waals surface area contributed by atoms with Gasteiger partial charge in [-0.2, -0.15) is 5.10 Å². The molecule has 10 nitrogen and oxygen atoms in total. The molecule has 0 radical (unpaired) electrons. The number of nitrogens with two attached hydrogens (primary N) is 1. The maximum Gasteiger partial charge on any atom is 0.318 e. The summed E-state index contributed by atoms with van der Waals surface area (Å²) in [6, 6.07) is 20.7. The van der Waals surface area contributed by atoms with E-state index in [1.807, 2.05) is 0 Å². The molecule has 37 heavy (non-hydrogen) atoms. The number of nitrogens with one attached hydrogen (secondary N) is 1. The van der Waals surface area contributed by atoms with Crippen molar-refractivity contribution in [2.75, 3.05) is 0 Å². The third-order valence-electron chi connectivity index (χ3n) is 5.16. The SMILES string of the molecule is NS(=O)(=O)c1ccc(-n2nc(C(=O)NC(O[PH](=O)O)c3ccc(Br)cc3)cc2-c2ccccc2Cl)cc1. The molecule has 0 spiro atoms. The molecule has 0 saturated heterocycles. The van der Waals surface area contributed by atoms with Gasteiger partial charge in [-0.3, -0.25) is 13.9 Å². The van der Waals surface area contributed by atoms with Crippen LogP contribution in [-0.4, -0.2) is 29.0 Å². The predicted molar refractivity (Wildman–Crippen MR) is 142 cm³/mol. The van der Waals surface area contributed by atoms with Gasteiger partial charge in [-0.15, -0.1) is 0 Å². The predicted octanol–water partition coefficient (Wildman–Crippen LogP) is 4.43. The van der Waals surface area contributed by atoms with Gasteiger partial charge in [-0.25, -0.2) is 18.2 Å². The first-order valence-electron chi connectivity index (χ1n) is 10.5. The lowest BCUT2D eigenvalue weighted by atomic mass is 10.1. The van der Waals surface area contributed by atoms with Crippen LogP contribution in [0.15, 0.2) is 88.2 Å². The molecule has 3 aromatic carbocycles. The van der Waals surface area contributed by atoms with Gasteiger partial charge in [0.1, 0.15) is 0 Å². The van der Waals surface area contributed by atoms with Gasteiger partial charge in [0.15, 0.2) is 11.9 Å². The summed E-state index contributed by atoms with van der Waals surface area (Å²) in [5.41, 5.74) is 1.83. The fourth-order valence-corrected chi connectivity index (χ4v) is 4.85. The highest BCUT2D eigenvalue weighted by Crippen LogP contribution is 2.32. The van der Waals surface area contributed by atoms with E-state index in [1.54, 1.807) is 48.5 Å². The van der Waals surface area contributed by atoms with Gasteiger partial charge in [0.2, 0.25) is 10.0 Å². The highest BCUT2D eigenvalue weighted by molar-refractivity contribution is 9.10. The van der Waals surface area contributed by atoms with Crippen LogP contribution in [-0.2, 0) is 19.1 Å². The summed E-state index contributed by atoms with van der Waals surface area (Å²) in [4.78, 5) is 22.5. The smallest absolute Gasteiger partial charge is 0.318 e. The Hall–Kier alpha value is -2.83. The van der Waals surface area contributed by atoms with Crippen molar-refractivity contribution >= 4 is 51.7 Å². The number of sulfonamides is 1. The normalized spacial score (nSPS) is 13.2. The van der Waals surface area contributed by atoms with E-state index in [-0.39, 0.29) is 10.6 Å². The van der Waals surface area contributed by atoms with Gasteiger partial charge in [0.05, 0.1) is 16.3 Å². The minimum Gasteiger partial charge on any atom is -0.326 e. The Morgan fingerprint density at radius 3 is 2.35 bits per heavy atom. The maximum atomic E-state index is 13.2. The average Bonchev–Trinajstić information content (AvgIpc) is 3.29. The van der Waals surface area contributed by atoms with Gasteiger partial charge in [-0.1, -0.05) is 57.9 Å². The van der Waals surface area contributed by atoms with E-state index >= 15 is 0 Å². The number of halogens is 2. The number of primary sulfonamides is 1. The first kappa shape index (κ1) is 27.2. The zero-order chi connectivity index (χ0) is 26.7.